The maximum Gasteiger partial charge on any atom is 0.160 e. The quantitative estimate of drug-likeness (QED) is 0.165. The molecule has 1 aromatic heterocycles. The molecule has 0 N–H and O–H groups in total. The van der Waals surface area contributed by atoms with Gasteiger partial charge in [0, 0.05) is 27.7 Å². The Labute approximate surface area is 315 Å². The Morgan fingerprint density at radius 3 is 1.63 bits per heavy atom. The first-order chi connectivity index (χ1) is 26.8. The lowest BCUT2D eigenvalue weighted by atomic mass is 9.92. The molecule has 0 radical (unpaired) electrons. The van der Waals surface area contributed by atoms with Gasteiger partial charge in [0.05, 0.1) is 5.69 Å². The van der Waals surface area contributed by atoms with E-state index in [0.29, 0.717) is 0 Å². The summed E-state index contributed by atoms with van der Waals surface area (Å²) in [6.07, 6.45) is 6.64. The zero-order chi connectivity index (χ0) is 35.8. The minimum atomic E-state index is 0.860. The van der Waals surface area contributed by atoms with Gasteiger partial charge in [-0.2, -0.15) is 0 Å². The van der Waals surface area contributed by atoms with Gasteiger partial charge in [0.15, 0.2) is 5.58 Å². The predicted molar refractivity (Wildman–Crippen MR) is 228 cm³/mol. The van der Waals surface area contributed by atoms with Crippen molar-refractivity contribution >= 4 is 45.1 Å². The van der Waals surface area contributed by atoms with Crippen LogP contribution < -0.4 is 4.90 Å². The highest BCUT2D eigenvalue weighted by Crippen LogP contribution is 2.48. The van der Waals surface area contributed by atoms with Crippen LogP contribution in [0.5, 0.6) is 0 Å². The van der Waals surface area contributed by atoms with Crippen LogP contribution >= 0.6 is 0 Å². The van der Waals surface area contributed by atoms with E-state index in [-0.39, 0.29) is 0 Å². The van der Waals surface area contributed by atoms with Crippen molar-refractivity contribution in [2.75, 3.05) is 4.90 Å². The molecular weight excluding hydrogens is 655 g/mol. The van der Waals surface area contributed by atoms with E-state index in [1.54, 1.807) is 0 Å². The fourth-order valence-electron chi connectivity index (χ4n) is 8.05. The van der Waals surface area contributed by atoms with E-state index >= 15 is 0 Å². The van der Waals surface area contributed by atoms with Crippen LogP contribution in [0.15, 0.2) is 199 Å². The van der Waals surface area contributed by atoms with Crippen molar-refractivity contribution < 1.29 is 4.42 Å². The summed E-state index contributed by atoms with van der Waals surface area (Å²) >= 11 is 0. The largest absolute Gasteiger partial charge is 0.453 e. The molecule has 0 saturated heterocycles. The van der Waals surface area contributed by atoms with Gasteiger partial charge in [-0.15, -0.1) is 0 Å². The van der Waals surface area contributed by atoms with Gasteiger partial charge in [-0.1, -0.05) is 170 Å². The van der Waals surface area contributed by atoms with E-state index in [1.165, 1.54) is 38.9 Å². The Morgan fingerprint density at radius 1 is 0.426 bits per heavy atom. The smallest absolute Gasteiger partial charge is 0.160 e. The monoisotopic (exact) mass is 691 g/mol. The summed E-state index contributed by atoms with van der Waals surface area (Å²) in [7, 11) is 0. The summed E-state index contributed by atoms with van der Waals surface area (Å²) in [4.78, 5) is 2.34. The van der Waals surface area contributed by atoms with Crippen LogP contribution in [0, 0.1) is 0 Å². The fraction of sp³-hybridized carbons (Fsp3) is 0.0385. The molecule has 0 saturated carbocycles. The van der Waals surface area contributed by atoms with E-state index in [9.17, 15) is 0 Å². The van der Waals surface area contributed by atoms with Gasteiger partial charge in [-0.05, 0) is 93.2 Å². The van der Waals surface area contributed by atoms with E-state index in [2.05, 4.69) is 205 Å². The van der Waals surface area contributed by atoms with Gasteiger partial charge in [0.1, 0.15) is 5.58 Å². The molecule has 1 aliphatic rings. The predicted octanol–water partition coefficient (Wildman–Crippen LogP) is 14.7. The molecule has 2 nitrogen and oxygen atoms in total. The Kier molecular flexibility index (Phi) is 8.00. The third-order valence-electron chi connectivity index (χ3n) is 10.7. The zero-order valence-corrected chi connectivity index (χ0v) is 29.8. The molecule has 9 aromatic rings. The molecule has 0 fully saturated rings. The van der Waals surface area contributed by atoms with Gasteiger partial charge in [-0.3, -0.25) is 0 Å². The van der Waals surface area contributed by atoms with Gasteiger partial charge in [0.2, 0.25) is 0 Å². The molecule has 8 aromatic carbocycles. The van der Waals surface area contributed by atoms with Gasteiger partial charge in [0.25, 0.3) is 0 Å². The van der Waals surface area contributed by atoms with Crippen molar-refractivity contribution in [3.63, 3.8) is 0 Å². The van der Waals surface area contributed by atoms with E-state index < -0.39 is 0 Å². The standard InChI is InChI=1S/C52H37NO/c1-4-13-36(14-5-1)39-25-29-44(30-26-39)53(45-31-27-40(28-32-45)37-15-6-2-7-16-37)49-34-33-46(41-18-8-3-9-19-41)50-48-22-12-21-47(51(48)54-52(49)50)43-24-23-38-17-10-11-20-42(38)35-43/h1-10,12-19,21-35H,11,20H2. The van der Waals surface area contributed by atoms with Crippen molar-refractivity contribution in [2.45, 2.75) is 12.8 Å². The number of benzene rings is 8. The van der Waals surface area contributed by atoms with Crippen LogP contribution in [-0.4, -0.2) is 0 Å². The Hall–Kier alpha value is -6.90. The minimum Gasteiger partial charge on any atom is -0.453 e. The molecule has 1 aliphatic carbocycles. The Morgan fingerprint density at radius 2 is 1.00 bits per heavy atom. The molecule has 0 aliphatic heterocycles. The Bertz CT molecular complexity index is 2700. The van der Waals surface area contributed by atoms with Crippen LogP contribution in [0.4, 0.5) is 17.1 Å². The van der Waals surface area contributed by atoms with Crippen molar-refractivity contribution in [1.29, 1.82) is 0 Å². The summed E-state index contributed by atoms with van der Waals surface area (Å²) in [5.41, 5.74) is 16.9. The SMILES string of the molecule is C1=Cc2ccc(-c3cccc4c3oc3c(N(c5ccc(-c6ccccc6)cc5)c5ccc(-c6ccccc6)cc5)ccc(-c5ccccc5)c34)cc2CC1. The van der Waals surface area contributed by atoms with Crippen LogP contribution in [0.25, 0.3) is 72.5 Å². The normalized spacial score (nSPS) is 12.2. The lowest BCUT2D eigenvalue weighted by molar-refractivity contribution is 0.670. The highest BCUT2D eigenvalue weighted by Gasteiger charge is 2.24. The highest BCUT2D eigenvalue weighted by molar-refractivity contribution is 6.19. The first-order valence-corrected chi connectivity index (χ1v) is 18.7. The second-order valence-corrected chi connectivity index (χ2v) is 14.0. The minimum absolute atomic E-state index is 0.860. The molecule has 54 heavy (non-hydrogen) atoms. The molecule has 0 spiro atoms. The number of rotatable bonds is 7. The number of fused-ring (bicyclic) bond motifs is 4. The number of anilines is 3. The second-order valence-electron chi connectivity index (χ2n) is 14.0. The lowest BCUT2D eigenvalue weighted by Gasteiger charge is -2.26. The van der Waals surface area contributed by atoms with Crippen molar-refractivity contribution in [1.82, 2.24) is 0 Å². The molecule has 256 valence electrons. The maximum absolute atomic E-state index is 7.23. The summed E-state index contributed by atoms with van der Waals surface area (Å²) in [5.74, 6) is 0. The number of furan rings is 1. The maximum atomic E-state index is 7.23. The molecule has 0 amide bonds. The van der Waals surface area contributed by atoms with Crippen molar-refractivity contribution in [2.24, 2.45) is 0 Å². The molecule has 1 heterocycles. The first kappa shape index (κ1) is 31.8. The van der Waals surface area contributed by atoms with E-state index in [0.717, 1.165) is 68.5 Å². The average Bonchev–Trinajstić information content (AvgIpc) is 3.65. The van der Waals surface area contributed by atoms with Crippen molar-refractivity contribution in [3.8, 4) is 44.5 Å². The third kappa shape index (κ3) is 5.70. The van der Waals surface area contributed by atoms with Gasteiger partial charge < -0.3 is 9.32 Å². The number of allylic oxidation sites excluding steroid dienone is 1. The fourth-order valence-corrected chi connectivity index (χ4v) is 8.05. The molecule has 2 heteroatoms. The molecular formula is C52H37NO. The van der Waals surface area contributed by atoms with Gasteiger partial charge >= 0.3 is 0 Å². The van der Waals surface area contributed by atoms with Crippen LogP contribution in [0.3, 0.4) is 0 Å². The first-order valence-electron chi connectivity index (χ1n) is 18.7. The summed E-state index contributed by atoms with van der Waals surface area (Å²) in [6.45, 7) is 0. The zero-order valence-electron chi connectivity index (χ0n) is 29.8. The average molecular weight is 692 g/mol. The number of hydrogen-bond acceptors (Lipinski definition) is 2. The number of nitrogens with zero attached hydrogens (tertiary/aromatic N) is 1. The molecule has 0 unspecified atom stereocenters. The number of aryl methyl sites for hydroxylation is 1. The summed E-state index contributed by atoms with van der Waals surface area (Å²) < 4.78 is 7.23. The highest BCUT2D eigenvalue weighted by atomic mass is 16.3. The molecule has 0 bridgehead atoms. The number of hydrogen-bond donors (Lipinski definition) is 0. The van der Waals surface area contributed by atoms with Crippen LogP contribution in [0.1, 0.15) is 17.5 Å². The van der Waals surface area contributed by atoms with E-state index in [1.807, 2.05) is 0 Å². The van der Waals surface area contributed by atoms with Crippen LogP contribution in [0.2, 0.25) is 0 Å². The van der Waals surface area contributed by atoms with Gasteiger partial charge in [-0.25, -0.2) is 0 Å². The molecule has 10 rings (SSSR count). The van der Waals surface area contributed by atoms with Crippen molar-refractivity contribution in [3.05, 3.63) is 205 Å². The second kappa shape index (κ2) is 13.6. The Balaban J connectivity index is 1.20. The topological polar surface area (TPSA) is 16.4 Å². The third-order valence-corrected chi connectivity index (χ3v) is 10.7. The summed E-state index contributed by atoms with van der Waals surface area (Å²) in [5, 5.41) is 2.22. The van der Waals surface area contributed by atoms with Crippen LogP contribution in [-0.2, 0) is 6.42 Å². The molecule has 0 atom stereocenters. The summed E-state index contributed by atoms with van der Waals surface area (Å²) in [6, 6.07) is 67.5. The van der Waals surface area contributed by atoms with E-state index in [4.69, 9.17) is 4.42 Å². The lowest BCUT2D eigenvalue weighted by Crippen LogP contribution is -2.10. The number of para-hydroxylation sites is 1.